The molecule has 1 atom stereocenters. The molecule has 3 aromatic carbocycles. The molecule has 1 aliphatic heterocycles. The minimum atomic E-state index is -1.10. The van der Waals surface area contributed by atoms with Crippen LogP contribution < -0.4 is 10.2 Å². The van der Waals surface area contributed by atoms with Crippen LogP contribution in [0.2, 0.25) is 0 Å². The SMILES string of the molecule is CC1=C(c2nc(-c3ccccc3)no2)C(c2cccc(F)c2)NC(=O)N1c1ccc(F)c(F)c1. The van der Waals surface area contributed by atoms with E-state index in [4.69, 9.17) is 4.52 Å². The molecule has 170 valence electrons. The van der Waals surface area contributed by atoms with Crippen LogP contribution in [-0.4, -0.2) is 16.2 Å². The van der Waals surface area contributed by atoms with Crippen LogP contribution in [0.25, 0.3) is 17.0 Å². The van der Waals surface area contributed by atoms with Crippen LogP contribution in [0, 0.1) is 17.5 Å². The van der Waals surface area contributed by atoms with Gasteiger partial charge in [0.15, 0.2) is 11.6 Å². The van der Waals surface area contributed by atoms with Gasteiger partial charge in [-0.2, -0.15) is 4.98 Å². The molecule has 4 aromatic rings. The van der Waals surface area contributed by atoms with Gasteiger partial charge in [-0.15, -0.1) is 0 Å². The van der Waals surface area contributed by atoms with E-state index >= 15 is 0 Å². The Morgan fingerprint density at radius 3 is 2.47 bits per heavy atom. The van der Waals surface area contributed by atoms with Gasteiger partial charge in [0.25, 0.3) is 5.89 Å². The molecule has 1 aliphatic rings. The largest absolute Gasteiger partial charge is 0.334 e. The first-order chi connectivity index (χ1) is 16.4. The maximum Gasteiger partial charge on any atom is 0.327 e. The first-order valence-electron chi connectivity index (χ1n) is 10.3. The second-order valence-corrected chi connectivity index (χ2v) is 7.66. The normalized spacial score (nSPS) is 16.1. The highest BCUT2D eigenvalue weighted by Gasteiger charge is 2.37. The van der Waals surface area contributed by atoms with E-state index in [1.54, 1.807) is 13.0 Å². The molecule has 0 saturated carbocycles. The fourth-order valence-corrected chi connectivity index (χ4v) is 3.93. The van der Waals surface area contributed by atoms with Crippen LogP contribution >= 0.6 is 0 Å². The number of benzene rings is 3. The molecule has 2 heterocycles. The Labute approximate surface area is 192 Å². The smallest absolute Gasteiger partial charge is 0.327 e. The first-order valence-corrected chi connectivity index (χ1v) is 10.3. The van der Waals surface area contributed by atoms with Crippen molar-refractivity contribution >= 4 is 17.3 Å². The molecule has 0 spiro atoms. The predicted octanol–water partition coefficient (Wildman–Crippen LogP) is 5.86. The van der Waals surface area contributed by atoms with Crippen molar-refractivity contribution < 1.29 is 22.5 Å². The molecular weight excluding hydrogens is 445 g/mol. The number of hydrogen-bond donors (Lipinski definition) is 1. The number of nitrogens with zero attached hydrogens (tertiary/aromatic N) is 3. The van der Waals surface area contributed by atoms with Gasteiger partial charge >= 0.3 is 6.03 Å². The number of hydrogen-bond acceptors (Lipinski definition) is 4. The highest BCUT2D eigenvalue weighted by atomic mass is 19.2. The average Bonchev–Trinajstić information content (AvgIpc) is 3.31. The first kappa shape index (κ1) is 21.4. The van der Waals surface area contributed by atoms with E-state index in [0.717, 1.165) is 17.7 Å². The zero-order chi connectivity index (χ0) is 23.8. The van der Waals surface area contributed by atoms with E-state index in [-0.39, 0.29) is 11.6 Å². The molecule has 6 nitrogen and oxygen atoms in total. The lowest BCUT2D eigenvalue weighted by Gasteiger charge is -2.35. The van der Waals surface area contributed by atoms with Gasteiger partial charge in [0.1, 0.15) is 5.82 Å². The van der Waals surface area contributed by atoms with Crippen molar-refractivity contribution in [3.8, 4) is 11.4 Å². The molecular formula is C25H17F3N4O2. The van der Waals surface area contributed by atoms with Crippen molar-refractivity contribution in [2.24, 2.45) is 0 Å². The summed E-state index contributed by atoms with van der Waals surface area (Å²) >= 11 is 0. The lowest BCUT2D eigenvalue weighted by molar-refractivity contribution is 0.244. The summed E-state index contributed by atoms with van der Waals surface area (Å²) in [5.74, 6) is -2.20. The predicted molar refractivity (Wildman–Crippen MR) is 119 cm³/mol. The Hall–Kier alpha value is -4.40. The zero-order valence-corrected chi connectivity index (χ0v) is 17.8. The molecule has 0 saturated heterocycles. The molecule has 0 aliphatic carbocycles. The van der Waals surface area contributed by atoms with Gasteiger partial charge in [0.2, 0.25) is 5.82 Å². The third-order valence-electron chi connectivity index (χ3n) is 5.52. The highest BCUT2D eigenvalue weighted by Crippen LogP contribution is 2.39. The average molecular weight is 462 g/mol. The van der Waals surface area contributed by atoms with Crippen LogP contribution in [-0.2, 0) is 0 Å². The van der Waals surface area contributed by atoms with Crippen LogP contribution in [0.1, 0.15) is 24.4 Å². The van der Waals surface area contributed by atoms with E-state index < -0.39 is 29.5 Å². The Kier molecular flexibility index (Phi) is 5.37. The van der Waals surface area contributed by atoms with Gasteiger partial charge in [0, 0.05) is 17.3 Å². The van der Waals surface area contributed by atoms with Crippen LogP contribution in [0.4, 0.5) is 23.7 Å². The number of anilines is 1. The molecule has 0 radical (unpaired) electrons. The molecule has 0 bridgehead atoms. The summed E-state index contributed by atoms with van der Waals surface area (Å²) in [6.07, 6.45) is 0. The number of rotatable bonds is 4. The standard InChI is InChI=1S/C25H17F3N4O2/c1-14-21(24-30-23(31-34-24)15-6-3-2-4-7-15)22(16-8-5-9-17(26)12-16)29-25(33)32(14)18-10-11-19(27)20(28)13-18/h2-13,22H,1H3,(H,29,33). The van der Waals surface area contributed by atoms with E-state index in [9.17, 15) is 18.0 Å². The molecule has 34 heavy (non-hydrogen) atoms. The third kappa shape index (κ3) is 3.81. The number of carbonyl (C=O) groups excluding carboxylic acids is 1. The fraction of sp³-hybridized carbons (Fsp3) is 0.0800. The topological polar surface area (TPSA) is 71.3 Å². The van der Waals surface area contributed by atoms with Crippen molar-refractivity contribution in [2.75, 3.05) is 4.90 Å². The Bertz CT molecular complexity index is 1420. The Balaban J connectivity index is 1.67. The summed E-state index contributed by atoms with van der Waals surface area (Å²) in [4.78, 5) is 18.8. The van der Waals surface area contributed by atoms with E-state index in [0.29, 0.717) is 22.7 Å². The zero-order valence-electron chi connectivity index (χ0n) is 17.8. The molecule has 5 rings (SSSR count). The van der Waals surface area contributed by atoms with Crippen molar-refractivity contribution in [1.82, 2.24) is 15.5 Å². The van der Waals surface area contributed by atoms with Crippen molar-refractivity contribution in [3.05, 3.63) is 107 Å². The van der Waals surface area contributed by atoms with Crippen molar-refractivity contribution in [2.45, 2.75) is 13.0 Å². The summed E-state index contributed by atoms with van der Waals surface area (Å²) in [6, 6.07) is 16.6. The summed E-state index contributed by atoms with van der Waals surface area (Å²) in [5.41, 5.74) is 2.01. The maximum absolute atomic E-state index is 14.0. The van der Waals surface area contributed by atoms with E-state index in [1.807, 2.05) is 30.3 Å². The summed E-state index contributed by atoms with van der Waals surface area (Å²) in [7, 11) is 0. The monoisotopic (exact) mass is 462 g/mol. The van der Waals surface area contributed by atoms with E-state index in [1.165, 1.54) is 29.2 Å². The summed E-state index contributed by atoms with van der Waals surface area (Å²) in [5, 5.41) is 6.84. The highest BCUT2D eigenvalue weighted by molar-refractivity contribution is 6.01. The molecule has 9 heteroatoms. The molecule has 1 aromatic heterocycles. The van der Waals surface area contributed by atoms with E-state index in [2.05, 4.69) is 15.5 Å². The number of nitrogens with one attached hydrogen (secondary N) is 1. The fourth-order valence-electron chi connectivity index (χ4n) is 3.93. The Morgan fingerprint density at radius 2 is 1.74 bits per heavy atom. The number of amides is 2. The van der Waals surface area contributed by atoms with Gasteiger partial charge < -0.3 is 9.84 Å². The Morgan fingerprint density at radius 1 is 0.941 bits per heavy atom. The van der Waals surface area contributed by atoms with Crippen LogP contribution in [0.5, 0.6) is 0 Å². The van der Waals surface area contributed by atoms with Gasteiger partial charge in [-0.25, -0.2) is 18.0 Å². The number of halogens is 3. The maximum atomic E-state index is 14.0. The van der Waals surface area contributed by atoms with Gasteiger partial charge in [-0.1, -0.05) is 47.6 Å². The summed E-state index contributed by atoms with van der Waals surface area (Å²) < 4.78 is 47.0. The number of urea groups is 1. The van der Waals surface area contributed by atoms with Crippen molar-refractivity contribution in [3.63, 3.8) is 0 Å². The van der Waals surface area contributed by atoms with Gasteiger partial charge in [-0.05, 0) is 36.8 Å². The molecule has 2 amide bonds. The number of aromatic nitrogens is 2. The number of allylic oxidation sites excluding steroid dienone is 1. The lowest BCUT2D eigenvalue weighted by Crippen LogP contribution is -2.46. The summed E-state index contributed by atoms with van der Waals surface area (Å²) in [6.45, 7) is 1.62. The van der Waals surface area contributed by atoms with Gasteiger partial charge in [-0.3, -0.25) is 4.90 Å². The van der Waals surface area contributed by atoms with Crippen molar-refractivity contribution in [1.29, 1.82) is 0 Å². The number of carbonyl (C=O) groups is 1. The molecule has 1 unspecified atom stereocenters. The van der Waals surface area contributed by atoms with Crippen LogP contribution in [0.15, 0.2) is 83.0 Å². The second kappa shape index (κ2) is 8.51. The minimum absolute atomic E-state index is 0.0956. The quantitative estimate of drug-likeness (QED) is 0.413. The second-order valence-electron chi connectivity index (χ2n) is 7.66. The van der Waals surface area contributed by atoms with Crippen LogP contribution in [0.3, 0.4) is 0 Å². The minimum Gasteiger partial charge on any atom is -0.334 e. The molecule has 0 fully saturated rings. The molecule has 1 N–H and O–H groups in total. The van der Waals surface area contributed by atoms with Gasteiger partial charge in [0.05, 0.1) is 17.3 Å². The lowest BCUT2D eigenvalue weighted by atomic mass is 9.94. The third-order valence-corrected chi connectivity index (χ3v) is 5.52.